The van der Waals surface area contributed by atoms with Crippen LogP contribution >= 0.6 is 0 Å². The predicted octanol–water partition coefficient (Wildman–Crippen LogP) is 3.88. The molecule has 0 amide bonds. The van der Waals surface area contributed by atoms with Crippen LogP contribution in [0.15, 0.2) is 18.3 Å². The molecule has 1 aromatic heterocycles. The molecule has 106 valence electrons. The van der Waals surface area contributed by atoms with Crippen LogP contribution in [0.3, 0.4) is 0 Å². The second-order valence-electron chi connectivity index (χ2n) is 5.89. The number of nitrogens with one attached hydrogen (secondary N) is 1. The van der Waals surface area contributed by atoms with E-state index in [1.807, 2.05) is 12.3 Å². The third-order valence-corrected chi connectivity index (χ3v) is 4.47. The second-order valence-corrected chi connectivity index (χ2v) is 5.89. The van der Waals surface area contributed by atoms with E-state index in [1.165, 1.54) is 49.8 Å². The quantitative estimate of drug-likeness (QED) is 0.813. The molecule has 0 radical (unpaired) electrons. The van der Waals surface area contributed by atoms with E-state index in [9.17, 15) is 0 Å². The summed E-state index contributed by atoms with van der Waals surface area (Å²) in [4.78, 5) is 4.58. The van der Waals surface area contributed by atoms with Gasteiger partial charge in [0, 0.05) is 24.4 Å². The lowest BCUT2D eigenvalue weighted by Crippen LogP contribution is -2.38. The number of nitrogens with zero attached hydrogens (tertiary/aromatic N) is 1. The maximum absolute atomic E-state index is 4.58. The molecule has 1 fully saturated rings. The molecule has 1 aromatic rings. The van der Waals surface area contributed by atoms with Gasteiger partial charge in [0.1, 0.15) is 0 Å². The van der Waals surface area contributed by atoms with Gasteiger partial charge >= 0.3 is 0 Å². The zero-order valence-electron chi connectivity index (χ0n) is 12.5. The van der Waals surface area contributed by atoms with Gasteiger partial charge in [0.15, 0.2) is 0 Å². The number of aryl methyl sites for hydroxylation is 1. The molecule has 1 N–H and O–H groups in total. The summed E-state index contributed by atoms with van der Waals surface area (Å²) >= 11 is 0. The number of hydrogen-bond acceptors (Lipinski definition) is 2. The number of hydrogen-bond donors (Lipinski definition) is 1. The molecule has 1 heterocycles. The first-order valence-corrected chi connectivity index (χ1v) is 7.95. The molecule has 1 aliphatic rings. The third kappa shape index (κ3) is 4.31. The van der Waals surface area contributed by atoms with Gasteiger partial charge in [-0.15, -0.1) is 0 Å². The van der Waals surface area contributed by atoms with Crippen molar-refractivity contribution in [2.45, 2.75) is 64.8 Å². The highest BCUT2D eigenvalue weighted by atomic mass is 14.9. The average molecular weight is 260 g/mol. The number of likely N-dealkylation sites (N-methyl/N-ethyl adjacent to an activating group) is 1. The molecular formula is C17H28N2. The molecule has 0 spiro atoms. The minimum absolute atomic E-state index is 0.608. The Hall–Kier alpha value is -0.890. The van der Waals surface area contributed by atoms with Crippen LogP contribution in [0.4, 0.5) is 0 Å². The van der Waals surface area contributed by atoms with Crippen LogP contribution in [0.25, 0.3) is 0 Å². The highest BCUT2D eigenvalue weighted by Crippen LogP contribution is 2.27. The molecular weight excluding hydrogens is 232 g/mol. The maximum atomic E-state index is 4.58. The van der Waals surface area contributed by atoms with Gasteiger partial charge in [-0.05, 0) is 43.9 Å². The fourth-order valence-electron chi connectivity index (χ4n) is 3.32. The molecule has 2 rings (SSSR count). The van der Waals surface area contributed by atoms with E-state index in [1.54, 1.807) is 0 Å². The highest BCUT2D eigenvalue weighted by Gasteiger charge is 2.23. The minimum atomic E-state index is 0.608. The van der Waals surface area contributed by atoms with Gasteiger partial charge in [-0.1, -0.05) is 38.7 Å². The molecule has 0 aromatic carbocycles. The molecule has 0 bridgehead atoms. The van der Waals surface area contributed by atoms with Crippen molar-refractivity contribution >= 4 is 0 Å². The molecule has 1 atom stereocenters. The molecule has 19 heavy (non-hydrogen) atoms. The van der Waals surface area contributed by atoms with E-state index in [2.05, 4.69) is 30.2 Å². The molecule has 1 saturated carbocycles. The van der Waals surface area contributed by atoms with Crippen LogP contribution in [-0.2, 0) is 6.42 Å². The van der Waals surface area contributed by atoms with E-state index in [0.717, 1.165) is 18.9 Å². The van der Waals surface area contributed by atoms with Crippen molar-refractivity contribution in [2.24, 2.45) is 5.92 Å². The van der Waals surface area contributed by atoms with Crippen molar-refractivity contribution in [2.75, 3.05) is 6.54 Å². The fourth-order valence-corrected chi connectivity index (χ4v) is 3.32. The summed E-state index contributed by atoms with van der Waals surface area (Å²) in [6.07, 6.45) is 11.5. The number of aromatic nitrogens is 1. The summed E-state index contributed by atoms with van der Waals surface area (Å²) in [5, 5.41) is 3.72. The summed E-state index contributed by atoms with van der Waals surface area (Å²) in [5.74, 6) is 0.837. The number of pyridine rings is 1. The van der Waals surface area contributed by atoms with E-state index >= 15 is 0 Å². The minimum Gasteiger partial charge on any atom is -0.314 e. The predicted molar refractivity (Wildman–Crippen MR) is 81.3 cm³/mol. The second kappa shape index (κ2) is 7.64. The molecule has 1 aliphatic carbocycles. The van der Waals surface area contributed by atoms with Crippen LogP contribution in [0, 0.1) is 12.8 Å². The van der Waals surface area contributed by atoms with E-state index in [0.29, 0.717) is 6.04 Å². The van der Waals surface area contributed by atoms with E-state index in [-0.39, 0.29) is 0 Å². The first-order valence-electron chi connectivity index (χ1n) is 7.95. The lowest BCUT2D eigenvalue weighted by molar-refractivity contribution is 0.319. The van der Waals surface area contributed by atoms with Crippen molar-refractivity contribution in [1.82, 2.24) is 10.3 Å². The molecule has 0 aliphatic heterocycles. The summed E-state index contributed by atoms with van der Waals surface area (Å²) < 4.78 is 0. The monoisotopic (exact) mass is 260 g/mol. The topological polar surface area (TPSA) is 24.9 Å². The molecule has 0 saturated heterocycles. The summed E-state index contributed by atoms with van der Waals surface area (Å²) in [6, 6.07) is 4.82. The normalized spacial score (nSPS) is 19.1. The van der Waals surface area contributed by atoms with Crippen molar-refractivity contribution in [3.8, 4) is 0 Å². The zero-order valence-corrected chi connectivity index (χ0v) is 12.5. The van der Waals surface area contributed by atoms with Crippen LogP contribution in [-0.4, -0.2) is 17.6 Å². The van der Waals surface area contributed by atoms with Gasteiger partial charge in [0.25, 0.3) is 0 Å². The Labute approximate surface area is 118 Å². The van der Waals surface area contributed by atoms with Crippen molar-refractivity contribution in [3.63, 3.8) is 0 Å². The van der Waals surface area contributed by atoms with Gasteiger partial charge in [-0.3, -0.25) is 4.98 Å². The van der Waals surface area contributed by atoms with Gasteiger partial charge < -0.3 is 5.32 Å². The zero-order chi connectivity index (χ0) is 13.5. The Morgan fingerprint density at radius 2 is 2.00 bits per heavy atom. The first-order chi connectivity index (χ1) is 9.31. The van der Waals surface area contributed by atoms with Gasteiger partial charge in [-0.25, -0.2) is 0 Å². The lowest BCUT2D eigenvalue weighted by Gasteiger charge is -2.27. The van der Waals surface area contributed by atoms with Crippen LogP contribution in [0.5, 0.6) is 0 Å². The van der Waals surface area contributed by atoms with Gasteiger partial charge in [0.05, 0.1) is 0 Å². The Kier molecular flexibility index (Phi) is 5.84. The highest BCUT2D eigenvalue weighted by molar-refractivity contribution is 5.18. The van der Waals surface area contributed by atoms with Crippen molar-refractivity contribution in [1.29, 1.82) is 0 Å². The van der Waals surface area contributed by atoms with E-state index < -0.39 is 0 Å². The Bertz CT molecular complexity index is 367. The fraction of sp³-hybridized carbons (Fsp3) is 0.706. The first kappa shape index (κ1) is 14.5. The standard InChI is InChI=1S/C17H28N2/c1-3-18-17(15-10-6-4-5-7-11-15)13-16-14(2)9-8-12-19-16/h8-9,12,15,17-18H,3-7,10-11,13H2,1-2H3. The summed E-state index contributed by atoms with van der Waals surface area (Å²) in [6.45, 7) is 5.46. The summed E-state index contributed by atoms with van der Waals surface area (Å²) in [5.41, 5.74) is 2.61. The lowest BCUT2D eigenvalue weighted by atomic mass is 9.88. The largest absolute Gasteiger partial charge is 0.314 e. The smallest absolute Gasteiger partial charge is 0.0448 e. The van der Waals surface area contributed by atoms with Crippen molar-refractivity contribution in [3.05, 3.63) is 29.6 Å². The van der Waals surface area contributed by atoms with Crippen molar-refractivity contribution < 1.29 is 0 Å². The average Bonchev–Trinajstić information content (AvgIpc) is 2.69. The van der Waals surface area contributed by atoms with Gasteiger partial charge in [-0.2, -0.15) is 0 Å². The molecule has 2 nitrogen and oxygen atoms in total. The van der Waals surface area contributed by atoms with Crippen LogP contribution < -0.4 is 5.32 Å². The maximum Gasteiger partial charge on any atom is 0.0448 e. The van der Waals surface area contributed by atoms with Crippen LogP contribution in [0.1, 0.15) is 56.7 Å². The Morgan fingerprint density at radius 3 is 2.63 bits per heavy atom. The molecule has 2 heteroatoms. The SMILES string of the molecule is CCNC(Cc1ncccc1C)C1CCCCCC1. The van der Waals surface area contributed by atoms with Crippen LogP contribution in [0.2, 0.25) is 0 Å². The van der Waals surface area contributed by atoms with E-state index in [4.69, 9.17) is 0 Å². The summed E-state index contributed by atoms with van der Waals surface area (Å²) in [7, 11) is 0. The number of rotatable bonds is 5. The third-order valence-electron chi connectivity index (χ3n) is 4.47. The Balaban J connectivity index is 2.04. The molecule has 1 unspecified atom stereocenters. The Morgan fingerprint density at radius 1 is 1.26 bits per heavy atom. The van der Waals surface area contributed by atoms with Gasteiger partial charge in [0.2, 0.25) is 0 Å².